The Hall–Kier alpha value is -2.90. The molecule has 0 aliphatic carbocycles. The van der Waals surface area contributed by atoms with Gasteiger partial charge in [-0.05, 0) is 24.6 Å². The molecule has 3 rings (SSSR count). The molecule has 0 bridgehead atoms. The van der Waals surface area contributed by atoms with Crippen molar-refractivity contribution in [3.05, 3.63) is 42.5 Å². The first-order chi connectivity index (χ1) is 11.1. The Morgan fingerprint density at radius 3 is 2.91 bits per heavy atom. The first kappa shape index (κ1) is 15.0. The number of likely N-dealkylation sites (tertiary alicyclic amines) is 1. The Kier molecular flexibility index (Phi) is 4.22. The topological polar surface area (TPSA) is 90.1 Å². The number of rotatable bonds is 3. The molecule has 1 aliphatic rings. The molecule has 0 radical (unpaired) electrons. The van der Waals surface area contributed by atoms with Gasteiger partial charge in [-0.3, -0.25) is 9.89 Å². The molecule has 1 saturated heterocycles. The third-order valence-corrected chi connectivity index (χ3v) is 3.69. The van der Waals surface area contributed by atoms with Crippen LogP contribution in [0.2, 0.25) is 0 Å². The molecule has 1 aromatic heterocycles. The van der Waals surface area contributed by atoms with Crippen LogP contribution in [0, 0.1) is 11.7 Å². The monoisotopic (exact) mass is 317 g/mol. The summed E-state index contributed by atoms with van der Waals surface area (Å²) in [6, 6.07) is 5.35. The largest absolute Gasteiger partial charge is 0.324 e. The van der Waals surface area contributed by atoms with Gasteiger partial charge in [-0.25, -0.2) is 9.18 Å². The summed E-state index contributed by atoms with van der Waals surface area (Å²) in [6.45, 7) is 0.801. The van der Waals surface area contributed by atoms with Crippen molar-refractivity contribution in [2.75, 3.05) is 23.7 Å². The number of benzene rings is 1. The quantitative estimate of drug-likeness (QED) is 0.809. The van der Waals surface area contributed by atoms with E-state index in [4.69, 9.17) is 0 Å². The van der Waals surface area contributed by atoms with E-state index in [1.54, 1.807) is 17.2 Å². The van der Waals surface area contributed by atoms with Crippen molar-refractivity contribution in [1.29, 1.82) is 0 Å². The number of anilines is 2. The van der Waals surface area contributed by atoms with Crippen molar-refractivity contribution in [3.8, 4) is 0 Å². The number of urea groups is 1. The van der Waals surface area contributed by atoms with Crippen LogP contribution in [-0.4, -0.2) is 40.1 Å². The van der Waals surface area contributed by atoms with E-state index >= 15 is 0 Å². The van der Waals surface area contributed by atoms with Crippen molar-refractivity contribution in [2.24, 2.45) is 5.92 Å². The van der Waals surface area contributed by atoms with E-state index in [1.807, 2.05) is 0 Å². The van der Waals surface area contributed by atoms with Crippen molar-refractivity contribution in [1.82, 2.24) is 15.1 Å². The van der Waals surface area contributed by atoms with Crippen LogP contribution in [0.15, 0.2) is 36.7 Å². The zero-order valence-corrected chi connectivity index (χ0v) is 12.3. The van der Waals surface area contributed by atoms with Crippen LogP contribution in [-0.2, 0) is 4.79 Å². The molecule has 0 spiro atoms. The average Bonchev–Trinajstić information content (AvgIpc) is 3.18. The Bertz CT molecular complexity index is 704. The maximum atomic E-state index is 13.1. The van der Waals surface area contributed by atoms with Gasteiger partial charge in [0, 0.05) is 25.0 Å². The molecule has 3 amide bonds. The number of hydrogen-bond donors (Lipinski definition) is 3. The highest BCUT2D eigenvalue weighted by Gasteiger charge is 2.31. The summed E-state index contributed by atoms with van der Waals surface area (Å²) >= 11 is 0. The molecule has 120 valence electrons. The van der Waals surface area contributed by atoms with Crippen molar-refractivity contribution in [2.45, 2.75) is 6.42 Å². The van der Waals surface area contributed by atoms with E-state index in [-0.39, 0.29) is 17.9 Å². The number of halogens is 1. The van der Waals surface area contributed by atoms with Gasteiger partial charge in [0.25, 0.3) is 0 Å². The number of hydrogen-bond acceptors (Lipinski definition) is 3. The van der Waals surface area contributed by atoms with Gasteiger partial charge < -0.3 is 15.5 Å². The zero-order valence-electron chi connectivity index (χ0n) is 12.3. The molecule has 23 heavy (non-hydrogen) atoms. The zero-order chi connectivity index (χ0) is 16.2. The Morgan fingerprint density at radius 2 is 2.17 bits per heavy atom. The number of carbonyl (C=O) groups is 2. The highest BCUT2D eigenvalue weighted by atomic mass is 19.1. The predicted octanol–water partition coefficient (Wildman–Crippen LogP) is 2.04. The van der Waals surface area contributed by atoms with Crippen LogP contribution in [0.3, 0.4) is 0 Å². The van der Waals surface area contributed by atoms with E-state index in [0.29, 0.717) is 30.9 Å². The van der Waals surface area contributed by atoms with Gasteiger partial charge in [0.1, 0.15) is 5.82 Å². The van der Waals surface area contributed by atoms with E-state index < -0.39 is 5.82 Å². The summed E-state index contributed by atoms with van der Waals surface area (Å²) in [7, 11) is 0. The van der Waals surface area contributed by atoms with Crippen LogP contribution in [0.4, 0.5) is 20.6 Å². The van der Waals surface area contributed by atoms with Crippen LogP contribution < -0.4 is 10.6 Å². The number of carbonyl (C=O) groups excluding carboxylic acids is 2. The van der Waals surface area contributed by atoms with E-state index in [9.17, 15) is 14.0 Å². The molecule has 0 saturated carbocycles. The highest BCUT2D eigenvalue weighted by Crippen LogP contribution is 2.20. The summed E-state index contributed by atoms with van der Waals surface area (Å²) in [5, 5.41) is 11.7. The normalized spacial score (nSPS) is 17.1. The SMILES string of the molecule is O=C(Nc1cn[nH]c1)[C@@H]1CCN(C(=O)Nc2cccc(F)c2)C1. The summed E-state index contributed by atoms with van der Waals surface area (Å²) < 4.78 is 13.1. The third-order valence-electron chi connectivity index (χ3n) is 3.69. The van der Waals surface area contributed by atoms with E-state index in [0.717, 1.165) is 0 Å². The van der Waals surface area contributed by atoms with Crippen LogP contribution in [0.25, 0.3) is 0 Å². The Balaban J connectivity index is 1.54. The summed E-state index contributed by atoms with van der Waals surface area (Å²) in [5.41, 5.74) is 0.985. The van der Waals surface area contributed by atoms with Gasteiger partial charge in [-0.15, -0.1) is 0 Å². The first-order valence-corrected chi connectivity index (χ1v) is 7.23. The second-order valence-corrected chi connectivity index (χ2v) is 5.35. The van der Waals surface area contributed by atoms with E-state index in [2.05, 4.69) is 20.8 Å². The fraction of sp³-hybridized carbons (Fsp3) is 0.267. The van der Waals surface area contributed by atoms with Crippen LogP contribution in [0.5, 0.6) is 0 Å². The number of aromatic nitrogens is 2. The van der Waals surface area contributed by atoms with Gasteiger partial charge in [0.05, 0.1) is 17.8 Å². The lowest BCUT2D eigenvalue weighted by atomic mass is 10.1. The summed E-state index contributed by atoms with van der Waals surface area (Å²) in [4.78, 5) is 25.8. The third kappa shape index (κ3) is 3.65. The minimum Gasteiger partial charge on any atom is -0.324 e. The van der Waals surface area contributed by atoms with Crippen molar-refractivity contribution in [3.63, 3.8) is 0 Å². The molecular weight excluding hydrogens is 301 g/mol. The fourth-order valence-electron chi connectivity index (χ4n) is 2.49. The first-order valence-electron chi connectivity index (χ1n) is 7.23. The minimum atomic E-state index is -0.415. The molecular formula is C15H16FN5O2. The summed E-state index contributed by atoms with van der Waals surface area (Å²) in [5.74, 6) is -0.836. The van der Waals surface area contributed by atoms with Gasteiger partial charge in [-0.1, -0.05) is 6.07 Å². The second kappa shape index (κ2) is 6.47. The molecule has 0 unspecified atom stereocenters. The summed E-state index contributed by atoms with van der Waals surface area (Å²) in [6.07, 6.45) is 3.68. The second-order valence-electron chi connectivity index (χ2n) is 5.35. The molecule has 3 N–H and O–H groups in total. The standard InChI is InChI=1S/C15H16FN5O2/c16-11-2-1-3-12(6-11)20-15(23)21-5-4-10(9-21)14(22)19-13-7-17-18-8-13/h1-3,6-8,10H,4-5,9H2,(H,17,18)(H,19,22)(H,20,23)/t10-/m1/s1. The van der Waals surface area contributed by atoms with Crippen LogP contribution >= 0.6 is 0 Å². The van der Waals surface area contributed by atoms with Crippen LogP contribution in [0.1, 0.15) is 6.42 Å². The molecule has 8 heteroatoms. The maximum Gasteiger partial charge on any atom is 0.321 e. The maximum absolute atomic E-state index is 13.1. The minimum absolute atomic E-state index is 0.146. The van der Waals surface area contributed by atoms with Gasteiger partial charge >= 0.3 is 6.03 Å². The van der Waals surface area contributed by atoms with Gasteiger partial charge in [0.15, 0.2) is 0 Å². The molecule has 2 aromatic rings. The molecule has 1 atom stereocenters. The lowest BCUT2D eigenvalue weighted by Crippen LogP contribution is -2.34. The van der Waals surface area contributed by atoms with Crippen molar-refractivity contribution >= 4 is 23.3 Å². The number of H-pyrrole nitrogens is 1. The number of amides is 3. The van der Waals surface area contributed by atoms with E-state index in [1.165, 1.54) is 24.4 Å². The highest BCUT2D eigenvalue weighted by molar-refractivity contribution is 5.94. The number of nitrogens with one attached hydrogen (secondary N) is 3. The number of aromatic amines is 1. The van der Waals surface area contributed by atoms with Gasteiger partial charge in [0.2, 0.25) is 5.91 Å². The molecule has 1 aliphatic heterocycles. The molecule has 2 heterocycles. The smallest absolute Gasteiger partial charge is 0.321 e. The lowest BCUT2D eigenvalue weighted by molar-refractivity contribution is -0.119. The Labute approximate surface area is 131 Å². The lowest BCUT2D eigenvalue weighted by Gasteiger charge is -2.17. The van der Waals surface area contributed by atoms with Crippen molar-refractivity contribution < 1.29 is 14.0 Å². The number of nitrogens with zero attached hydrogens (tertiary/aromatic N) is 2. The van der Waals surface area contributed by atoms with Gasteiger partial charge in [-0.2, -0.15) is 5.10 Å². The average molecular weight is 317 g/mol. The molecule has 7 nitrogen and oxygen atoms in total. The Morgan fingerprint density at radius 1 is 1.30 bits per heavy atom. The predicted molar refractivity (Wildman–Crippen MR) is 82.3 cm³/mol. The molecule has 1 fully saturated rings. The fourth-order valence-corrected chi connectivity index (χ4v) is 2.49. The molecule has 1 aromatic carbocycles.